The zero-order valence-electron chi connectivity index (χ0n) is 11.9. The standard InChI is InChI=1S/C15H20BrNO4/c16-14-6-5-13(21-14)15(18)17(9-11-3-1-7-19-11)10-12-4-2-8-20-12/h5-6,11-12H,1-4,7-10H2. The van der Waals surface area contributed by atoms with Gasteiger partial charge < -0.3 is 18.8 Å². The second-order valence-electron chi connectivity index (χ2n) is 5.58. The lowest BCUT2D eigenvalue weighted by Gasteiger charge is -2.27. The van der Waals surface area contributed by atoms with Crippen molar-refractivity contribution < 1.29 is 18.7 Å². The van der Waals surface area contributed by atoms with Crippen LogP contribution in [0.1, 0.15) is 36.2 Å². The topological polar surface area (TPSA) is 51.9 Å². The molecule has 2 unspecified atom stereocenters. The molecule has 0 N–H and O–H groups in total. The third-order valence-electron chi connectivity index (χ3n) is 3.97. The molecule has 0 spiro atoms. The Morgan fingerprint density at radius 2 is 1.76 bits per heavy atom. The minimum absolute atomic E-state index is 0.0910. The summed E-state index contributed by atoms with van der Waals surface area (Å²) in [6, 6.07) is 3.44. The second kappa shape index (κ2) is 6.94. The number of carbonyl (C=O) groups is 1. The van der Waals surface area contributed by atoms with E-state index in [1.165, 1.54) is 0 Å². The Labute approximate surface area is 132 Å². The van der Waals surface area contributed by atoms with E-state index in [4.69, 9.17) is 13.9 Å². The average Bonchev–Trinajstić information content (AvgIpc) is 3.19. The maximum Gasteiger partial charge on any atom is 0.289 e. The van der Waals surface area contributed by atoms with Crippen molar-refractivity contribution in [3.63, 3.8) is 0 Å². The van der Waals surface area contributed by atoms with E-state index in [0.717, 1.165) is 38.9 Å². The van der Waals surface area contributed by atoms with Gasteiger partial charge in [-0.25, -0.2) is 0 Å². The van der Waals surface area contributed by atoms with Crippen LogP contribution in [0.5, 0.6) is 0 Å². The number of carbonyl (C=O) groups excluding carboxylic acids is 1. The molecule has 5 nitrogen and oxygen atoms in total. The van der Waals surface area contributed by atoms with Gasteiger partial charge in [0.2, 0.25) is 0 Å². The van der Waals surface area contributed by atoms with Crippen molar-refractivity contribution in [3.05, 3.63) is 22.6 Å². The number of ether oxygens (including phenoxy) is 2. The Balaban J connectivity index is 1.68. The van der Waals surface area contributed by atoms with Crippen molar-refractivity contribution >= 4 is 21.8 Å². The predicted octanol–water partition coefficient (Wildman–Crippen LogP) is 2.84. The molecule has 21 heavy (non-hydrogen) atoms. The first-order valence-electron chi connectivity index (χ1n) is 7.50. The summed E-state index contributed by atoms with van der Waals surface area (Å²) in [5.74, 6) is 0.268. The molecule has 2 aliphatic rings. The van der Waals surface area contributed by atoms with Gasteiger partial charge in [-0.05, 0) is 53.7 Å². The maximum absolute atomic E-state index is 12.6. The zero-order valence-corrected chi connectivity index (χ0v) is 13.5. The molecule has 2 atom stereocenters. The highest BCUT2D eigenvalue weighted by atomic mass is 79.9. The van der Waals surface area contributed by atoms with Crippen LogP contribution in [-0.4, -0.2) is 49.3 Å². The molecule has 0 bridgehead atoms. The number of furan rings is 1. The maximum atomic E-state index is 12.6. The Hall–Kier alpha value is -0.850. The van der Waals surface area contributed by atoms with E-state index in [0.29, 0.717) is 23.5 Å². The molecule has 3 rings (SSSR count). The Kier molecular flexibility index (Phi) is 4.98. The van der Waals surface area contributed by atoms with Gasteiger partial charge >= 0.3 is 0 Å². The second-order valence-corrected chi connectivity index (χ2v) is 6.37. The van der Waals surface area contributed by atoms with Gasteiger partial charge in [0, 0.05) is 26.3 Å². The van der Waals surface area contributed by atoms with Crippen LogP contribution in [0.3, 0.4) is 0 Å². The largest absolute Gasteiger partial charge is 0.444 e. The van der Waals surface area contributed by atoms with Gasteiger partial charge in [0.1, 0.15) is 0 Å². The average molecular weight is 358 g/mol. The van der Waals surface area contributed by atoms with E-state index >= 15 is 0 Å². The van der Waals surface area contributed by atoms with E-state index in [9.17, 15) is 4.79 Å². The number of hydrogen-bond donors (Lipinski definition) is 0. The van der Waals surface area contributed by atoms with Crippen LogP contribution >= 0.6 is 15.9 Å². The molecule has 0 aliphatic carbocycles. The van der Waals surface area contributed by atoms with Crippen LogP contribution in [0, 0.1) is 0 Å². The summed E-state index contributed by atoms with van der Waals surface area (Å²) in [5, 5.41) is 0. The predicted molar refractivity (Wildman–Crippen MR) is 80.3 cm³/mol. The summed E-state index contributed by atoms with van der Waals surface area (Å²) >= 11 is 3.24. The van der Waals surface area contributed by atoms with Crippen LogP contribution in [0.15, 0.2) is 21.2 Å². The van der Waals surface area contributed by atoms with E-state index in [1.54, 1.807) is 12.1 Å². The summed E-state index contributed by atoms with van der Waals surface area (Å²) < 4.78 is 17.3. The monoisotopic (exact) mass is 357 g/mol. The third kappa shape index (κ3) is 3.87. The van der Waals surface area contributed by atoms with E-state index in [2.05, 4.69) is 15.9 Å². The summed E-state index contributed by atoms with van der Waals surface area (Å²) in [6.07, 6.45) is 4.43. The van der Waals surface area contributed by atoms with Gasteiger partial charge in [-0.3, -0.25) is 4.79 Å². The fourth-order valence-corrected chi connectivity index (χ4v) is 3.20. The van der Waals surface area contributed by atoms with Crippen molar-refractivity contribution in [1.29, 1.82) is 0 Å². The van der Waals surface area contributed by atoms with Gasteiger partial charge in [0.15, 0.2) is 10.4 Å². The highest BCUT2D eigenvalue weighted by Crippen LogP contribution is 2.21. The summed E-state index contributed by atoms with van der Waals surface area (Å²) in [5.41, 5.74) is 0. The molecule has 2 aliphatic heterocycles. The minimum atomic E-state index is -0.0910. The number of hydrogen-bond acceptors (Lipinski definition) is 4. The highest BCUT2D eigenvalue weighted by Gasteiger charge is 2.28. The van der Waals surface area contributed by atoms with Crippen LogP contribution in [0.25, 0.3) is 0 Å². The van der Waals surface area contributed by atoms with Crippen LogP contribution in [-0.2, 0) is 9.47 Å². The lowest BCUT2D eigenvalue weighted by atomic mass is 10.2. The van der Waals surface area contributed by atoms with Gasteiger partial charge in [-0.1, -0.05) is 0 Å². The molecule has 2 fully saturated rings. The molecule has 3 heterocycles. The molecule has 0 saturated carbocycles. The molecule has 6 heteroatoms. The van der Waals surface area contributed by atoms with Crippen LogP contribution in [0.2, 0.25) is 0 Å². The number of rotatable bonds is 5. The highest BCUT2D eigenvalue weighted by molar-refractivity contribution is 9.10. The number of halogens is 1. The molecule has 1 aromatic heterocycles. The fraction of sp³-hybridized carbons (Fsp3) is 0.667. The van der Waals surface area contributed by atoms with E-state index in [-0.39, 0.29) is 18.1 Å². The lowest BCUT2D eigenvalue weighted by molar-refractivity contribution is 0.0289. The van der Waals surface area contributed by atoms with Crippen LogP contribution < -0.4 is 0 Å². The first kappa shape index (κ1) is 15.1. The molecular formula is C15H20BrNO4. The third-order valence-corrected chi connectivity index (χ3v) is 4.39. The molecule has 116 valence electrons. The molecule has 0 radical (unpaired) electrons. The van der Waals surface area contributed by atoms with Crippen molar-refractivity contribution in [2.45, 2.75) is 37.9 Å². The van der Waals surface area contributed by atoms with Crippen molar-refractivity contribution in [2.75, 3.05) is 26.3 Å². The molecule has 1 aromatic rings. The minimum Gasteiger partial charge on any atom is -0.444 e. The molecule has 1 amide bonds. The molecular weight excluding hydrogens is 338 g/mol. The Bertz CT molecular complexity index is 460. The van der Waals surface area contributed by atoms with Crippen LogP contribution in [0.4, 0.5) is 0 Å². The summed E-state index contributed by atoms with van der Waals surface area (Å²) in [6.45, 7) is 2.80. The Morgan fingerprint density at radius 3 is 2.19 bits per heavy atom. The van der Waals surface area contributed by atoms with Crippen molar-refractivity contribution in [1.82, 2.24) is 4.90 Å². The van der Waals surface area contributed by atoms with Gasteiger partial charge in [-0.2, -0.15) is 0 Å². The SMILES string of the molecule is O=C(c1ccc(Br)o1)N(CC1CCCO1)CC1CCCO1. The number of amides is 1. The fourth-order valence-electron chi connectivity index (χ4n) is 2.89. The zero-order chi connectivity index (χ0) is 14.7. The quantitative estimate of drug-likeness (QED) is 0.812. The summed E-state index contributed by atoms with van der Waals surface area (Å²) in [4.78, 5) is 14.5. The first-order valence-corrected chi connectivity index (χ1v) is 8.29. The summed E-state index contributed by atoms with van der Waals surface area (Å²) in [7, 11) is 0. The normalized spacial score (nSPS) is 25.4. The van der Waals surface area contributed by atoms with E-state index in [1.807, 2.05) is 4.90 Å². The van der Waals surface area contributed by atoms with E-state index < -0.39 is 0 Å². The first-order chi connectivity index (χ1) is 10.2. The Morgan fingerprint density at radius 1 is 1.14 bits per heavy atom. The smallest absolute Gasteiger partial charge is 0.289 e. The van der Waals surface area contributed by atoms with Gasteiger partial charge in [-0.15, -0.1) is 0 Å². The molecule has 2 saturated heterocycles. The number of nitrogens with zero attached hydrogens (tertiary/aromatic N) is 1. The van der Waals surface area contributed by atoms with Crippen molar-refractivity contribution in [3.8, 4) is 0 Å². The molecule has 0 aromatic carbocycles. The lowest BCUT2D eigenvalue weighted by Crippen LogP contribution is -2.41. The van der Waals surface area contributed by atoms with Gasteiger partial charge in [0.05, 0.1) is 12.2 Å². The van der Waals surface area contributed by atoms with Gasteiger partial charge in [0.25, 0.3) is 5.91 Å². The van der Waals surface area contributed by atoms with Crippen molar-refractivity contribution in [2.24, 2.45) is 0 Å².